The highest BCUT2D eigenvalue weighted by Crippen LogP contribution is 2.19. The van der Waals surface area contributed by atoms with Crippen LogP contribution in [0.3, 0.4) is 0 Å². The zero-order valence-electron chi connectivity index (χ0n) is 10.4. The van der Waals surface area contributed by atoms with Gasteiger partial charge in [0.25, 0.3) is 0 Å². The third kappa shape index (κ3) is 2.83. The third-order valence-corrected chi connectivity index (χ3v) is 2.88. The molecular weight excluding hydrogens is 200 g/mol. The second-order valence-corrected chi connectivity index (χ2v) is 4.32. The summed E-state index contributed by atoms with van der Waals surface area (Å²) in [7, 11) is 1.79. The van der Waals surface area contributed by atoms with Crippen LogP contribution >= 0.6 is 0 Å². The van der Waals surface area contributed by atoms with Gasteiger partial charge in [-0.15, -0.1) is 0 Å². The van der Waals surface area contributed by atoms with Crippen LogP contribution in [0.4, 0.5) is 0 Å². The van der Waals surface area contributed by atoms with E-state index in [0.717, 1.165) is 5.56 Å². The van der Waals surface area contributed by atoms with E-state index in [-0.39, 0.29) is 11.9 Å². The van der Waals surface area contributed by atoms with Gasteiger partial charge in [-0.2, -0.15) is 0 Å². The Morgan fingerprint density at radius 2 is 1.75 bits per heavy atom. The van der Waals surface area contributed by atoms with Gasteiger partial charge in [-0.3, -0.25) is 4.79 Å². The molecule has 1 rings (SSSR count). The van der Waals surface area contributed by atoms with Gasteiger partial charge in [-0.05, 0) is 26.3 Å². The van der Waals surface area contributed by atoms with Crippen LogP contribution in [0.2, 0.25) is 0 Å². The van der Waals surface area contributed by atoms with Crippen molar-refractivity contribution in [3.05, 3.63) is 35.4 Å². The summed E-state index contributed by atoms with van der Waals surface area (Å²) in [6.07, 6.45) is 0. The highest BCUT2D eigenvalue weighted by atomic mass is 16.2. The molecule has 3 heteroatoms. The smallest absolute Gasteiger partial charge is 0.239 e. The first-order valence-corrected chi connectivity index (χ1v) is 5.52. The molecule has 0 aromatic heterocycles. The van der Waals surface area contributed by atoms with E-state index in [2.05, 4.69) is 12.1 Å². The van der Waals surface area contributed by atoms with Crippen molar-refractivity contribution in [1.82, 2.24) is 4.90 Å². The number of carbonyl (C=O) groups is 1. The van der Waals surface area contributed by atoms with Crippen LogP contribution in [-0.2, 0) is 4.79 Å². The molecule has 2 N–H and O–H groups in total. The van der Waals surface area contributed by atoms with Crippen LogP contribution in [-0.4, -0.2) is 23.9 Å². The predicted octanol–water partition coefficient (Wildman–Crippen LogP) is 1.86. The number of nitrogens with zero attached hydrogens (tertiary/aromatic N) is 1. The Morgan fingerprint density at radius 3 is 2.19 bits per heavy atom. The van der Waals surface area contributed by atoms with E-state index in [1.807, 2.05) is 26.0 Å². The van der Waals surface area contributed by atoms with Crippen molar-refractivity contribution < 1.29 is 4.79 Å². The van der Waals surface area contributed by atoms with Crippen LogP contribution < -0.4 is 5.73 Å². The fourth-order valence-electron chi connectivity index (χ4n) is 1.58. The minimum Gasteiger partial charge on any atom is -0.338 e. The van der Waals surface area contributed by atoms with Crippen LogP contribution in [0.5, 0.6) is 0 Å². The maximum absolute atomic E-state index is 11.7. The number of benzene rings is 1. The molecule has 16 heavy (non-hydrogen) atoms. The number of hydrogen-bond acceptors (Lipinski definition) is 2. The molecule has 0 aliphatic rings. The van der Waals surface area contributed by atoms with E-state index >= 15 is 0 Å². The van der Waals surface area contributed by atoms with Crippen LogP contribution in [0.1, 0.15) is 31.0 Å². The maximum Gasteiger partial charge on any atom is 0.239 e. The van der Waals surface area contributed by atoms with Crippen molar-refractivity contribution in [2.24, 2.45) is 5.73 Å². The van der Waals surface area contributed by atoms with E-state index in [1.54, 1.807) is 18.9 Å². The first-order chi connectivity index (χ1) is 7.43. The van der Waals surface area contributed by atoms with E-state index in [1.165, 1.54) is 5.56 Å². The summed E-state index contributed by atoms with van der Waals surface area (Å²) in [6, 6.07) is 7.80. The summed E-state index contributed by atoms with van der Waals surface area (Å²) in [4.78, 5) is 13.4. The lowest BCUT2D eigenvalue weighted by molar-refractivity contribution is -0.132. The molecule has 1 unspecified atom stereocenters. The molecule has 2 atom stereocenters. The molecule has 0 spiro atoms. The van der Waals surface area contributed by atoms with Gasteiger partial charge in [0.1, 0.15) is 0 Å². The first kappa shape index (κ1) is 12.7. The Hall–Kier alpha value is -1.35. The molecule has 3 nitrogen and oxygen atoms in total. The molecule has 1 amide bonds. The number of rotatable bonds is 3. The molecule has 88 valence electrons. The topological polar surface area (TPSA) is 46.3 Å². The molecule has 0 fully saturated rings. The largest absolute Gasteiger partial charge is 0.338 e. The van der Waals surface area contributed by atoms with Gasteiger partial charge in [-0.25, -0.2) is 0 Å². The number of carbonyl (C=O) groups excluding carboxylic acids is 1. The quantitative estimate of drug-likeness (QED) is 0.845. The van der Waals surface area contributed by atoms with Gasteiger partial charge in [0.2, 0.25) is 5.91 Å². The van der Waals surface area contributed by atoms with Crippen molar-refractivity contribution >= 4 is 5.91 Å². The Bertz CT molecular complexity index is 357. The standard InChI is InChI=1S/C13H20N2O/c1-9-5-7-12(8-6-9)11(3)15(4)13(16)10(2)14/h5-8,10-11H,14H2,1-4H3/t10-,11?/m1/s1. The summed E-state index contributed by atoms with van der Waals surface area (Å²) in [5, 5.41) is 0. The minimum atomic E-state index is -0.446. The summed E-state index contributed by atoms with van der Waals surface area (Å²) < 4.78 is 0. The third-order valence-electron chi connectivity index (χ3n) is 2.88. The Labute approximate surface area is 97.2 Å². The lowest BCUT2D eigenvalue weighted by Gasteiger charge is -2.27. The zero-order chi connectivity index (χ0) is 12.3. The summed E-state index contributed by atoms with van der Waals surface area (Å²) >= 11 is 0. The van der Waals surface area contributed by atoms with Gasteiger partial charge in [0.15, 0.2) is 0 Å². The minimum absolute atomic E-state index is 0.0342. The van der Waals surface area contributed by atoms with Gasteiger partial charge < -0.3 is 10.6 Å². The predicted molar refractivity (Wildman–Crippen MR) is 66.0 cm³/mol. The number of nitrogens with two attached hydrogens (primary N) is 1. The highest BCUT2D eigenvalue weighted by Gasteiger charge is 2.19. The van der Waals surface area contributed by atoms with Crippen molar-refractivity contribution in [3.8, 4) is 0 Å². The molecule has 0 bridgehead atoms. The molecule has 0 saturated heterocycles. The van der Waals surface area contributed by atoms with Gasteiger partial charge >= 0.3 is 0 Å². The van der Waals surface area contributed by atoms with Crippen molar-refractivity contribution in [2.75, 3.05) is 7.05 Å². The molecule has 0 aliphatic heterocycles. The average molecular weight is 220 g/mol. The van der Waals surface area contributed by atoms with Gasteiger partial charge in [0, 0.05) is 7.05 Å². The average Bonchev–Trinajstić information content (AvgIpc) is 2.27. The highest BCUT2D eigenvalue weighted by molar-refractivity contribution is 5.81. The second kappa shape index (κ2) is 5.12. The molecule has 0 saturated carbocycles. The van der Waals surface area contributed by atoms with Gasteiger partial charge in [-0.1, -0.05) is 29.8 Å². The first-order valence-electron chi connectivity index (χ1n) is 5.52. The van der Waals surface area contributed by atoms with E-state index in [4.69, 9.17) is 5.73 Å². The molecular formula is C13H20N2O. The number of aryl methyl sites for hydroxylation is 1. The fourth-order valence-corrected chi connectivity index (χ4v) is 1.58. The van der Waals surface area contributed by atoms with Crippen molar-refractivity contribution in [1.29, 1.82) is 0 Å². The van der Waals surface area contributed by atoms with Crippen molar-refractivity contribution in [2.45, 2.75) is 32.9 Å². The summed E-state index contributed by atoms with van der Waals surface area (Å²) in [5.74, 6) is -0.0342. The zero-order valence-corrected chi connectivity index (χ0v) is 10.4. The number of hydrogen-bond donors (Lipinski definition) is 1. The van der Waals surface area contributed by atoms with Crippen LogP contribution in [0, 0.1) is 6.92 Å². The van der Waals surface area contributed by atoms with Crippen LogP contribution in [0.15, 0.2) is 24.3 Å². The van der Waals surface area contributed by atoms with Gasteiger partial charge in [0.05, 0.1) is 12.1 Å². The molecule has 1 aromatic rings. The monoisotopic (exact) mass is 220 g/mol. The normalized spacial score (nSPS) is 14.3. The Balaban J connectivity index is 2.81. The SMILES string of the molecule is Cc1ccc(C(C)N(C)C(=O)[C@@H](C)N)cc1. The van der Waals surface area contributed by atoms with E-state index in [0.29, 0.717) is 0 Å². The fraction of sp³-hybridized carbons (Fsp3) is 0.462. The second-order valence-electron chi connectivity index (χ2n) is 4.32. The lowest BCUT2D eigenvalue weighted by atomic mass is 10.1. The van der Waals surface area contributed by atoms with Crippen molar-refractivity contribution in [3.63, 3.8) is 0 Å². The summed E-state index contributed by atoms with van der Waals surface area (Å²) in [6.45, 7) is 5.76. The Kier molecular flexibility index (Phi) is 4.07. The molecule has 0 aliphatic carbocycles. The van der Waals surface area contributed by atoms with Crippen LogP contribution in [0.25, 0.3) is 0 Å². The molecule has 0 radical (unpaired) electrons. The maximum atomic E-state index is 11.7. The van der Waals surface area contributed by atoms with E-state index in [9.17, 15) is 4.79 Å². The lowest BCUT2D eigenvalue weighted by Crippen LogP contribution is -2.40. The molecule has 1 aromatic carbocycles. The number of amides is 1. The van der Waals surface area contributed by atoms with E-state index < -0.39 is 6.04 Å². The Morgan fingerprint density at radius 1 is 1.25 bits per heavy atom. The summed E-state index contributed by atoms with van der Waals surface area (Å²) in [5.41, 5.74) is 7.93. The number of likely N-dealkylation sites (N-methyl/N-ethyl adjacent to an activating group) is 1. The molecule has 0 heterocycles.